The topological polar surface area (TPSA) is 86.7 Å². The SMILES string of the molecule is COC(=O)c1ccc(OC(=O)CCS(=O)(=O)c2ccc(F)cc2)cc1. The third kappa shape index (κ3) is 5.12. The Morgan fingerprint density at radius 3 is 2.16 bits per heavy atom. The molecular formula is C17H15FO6S. The van der Waals surface area contributed by atoms with E-state index in [0.29, 0.717) is 5.56 Å². The van der Waals surface area contributed by atoms with Crippen LogP contribution in [0.25, 0.3) is 0 Å². The summed E-state index contributed by atoms with van der Waals surface area (Å²) in [6.07, 6.45) is -0.363. The Labute approximate surface area is 144 Å². The molecule has 0 saturated heterocycles. The number of sulfone groups is 1. The lowest BCUT2D eigenvalue weighted by Crippen LogP contribution is -2.15. The summed E-state index contributed by atoms with van der Waals surface area (Å²) in [5.41, 5.74) is 0.293. The van der Waals surface area contributed by atoms with Gasteiger partial charge in [-0.1, -0.05) is 0 Å². The zero-order valence-corrected chi connectivity index (χ0v) is 14.1. The quantitative estimate of drug-likeness (QED) is 0.443. The van der Waals surface area contributed by atoms with E-state index in [9.17, 15) is 22.4 Å². The number of esters is 2. The van der Waals surface area contributed by atoms with Crippen molar-refractivity contribution in [2.75, 3.05) is 12.9 Å². The molecule has 2 aromatic carbocycles. The molecule has 0 aliphatic carbocycles. The van der Waals surface area contributed by atoms with Crippen molar-refractivity contribution in [1.29, 1.82) is 0 Å². The second-order valence-corrected chi connectivity index (χ2v) is 7.12. The molecule has 2 rings (SSSR count). The summed E-state index contributed by atoms with van der Waals surface area (Å²) in [4.78, 5) is 23.0. The molecule has 25 heavy (non-hydrogen) atoms. The summed E-state index contributed by atoms with van der Waals surface area (Å²) >= 11 is 0. The average Bonchev–Trinajstić information content (AvgIpc) is 2.60. The number of methoxy groups -OCH3 is 1. The van der Waals surface area contributed by atoms with Gasteiger partial charge < -0.3 is 9.47 Å². The maximum atomic E-state index is 12.8. The molecule has 0 amide bonds. The van der Waals surface area contributed by atoms with Crippen molar-refractivity contribution < 1.29 is 31.9 Å². The van der Waals surface area contributed by atoms with Crippen LogP contribution in [-0.4, -0.2) is 33.2 Å². The first-order valence-electron chi connectivity index (χ1n) is 7.19. The van der Waals surface area contributed by atoms with E-state index < -0.39 is 33.3 Å². The van der Waals surface area contributed by atoms with E-state index in [-0.39, 0.29) is 17.1 Å². The molecule has 0 fully saturated rings. The van der Waals surface area contributed by atoms with E-state index >= 15 is 0 Å². The third-order valence-corrected chi connectivity index (χ3v) is 4.99. The Balaban J connectivity index is 1.94. The van der Waals surface area contributed by atoms with E-state index in [2.05, 4.69) is 4.74 Å². The minimum absolute atomic E-state index is 0.0656. The molecule has 0 N–H and O–H groups in total. The minimum atomic E-state index is -3.71. The lowest BCUT2D eigenvalue weighted by atomic mass is 10.2. The van der Waals surface area contributed by atoms with Crippen molar-refractivity contribution in [2.45, 2.75) is 11.3 Å². The van der Waals surface area contributed by atoms with E-state index in [4.69, 9.17) is 4.74 Å². The summed E-state index contributed by atoms with van der Waals surface area (Å²) < 4.78 is 46.5. The molecular weight excluding hydrogens is 351 g/mol. The molecule has 0 heterocycles. The molecule has 0 aromatic heterocycles. The number of halogens is 1. The van der Waals surface area contributed by atoms with Gasteiger partial charge >= 0.3 is 11.9 Å². The van der Waals surface area contributed by atoms with Crippen LogP contribution in [0.4, 0.5) is 4.39 Å². The standard InChI is InChI=1S/C17H15FO6S/c1-23-17(20)12-2-6-14(7-3-12)24-16(19)10-11-25(21,22)15-8-4-13(18)5-9-15/h2-9H,10-11H2,1H3. The van der Waals surface area contributed by atoms with Crippen LogP contribution in [0.5, 0.6) is 5.75 Å². The fourth-order valence-corrected chi connectivity index (χ4v) is 3.16. The van der Waals surface area contributed by atoms with Crippen LogP contribution >= 0.6 is 0 Å². The van der Waals surface area contributed by atoms with Gasteiger partial charge in [0.05, 0.1) is 29.7 Å². The molecule has 132 valence electrons. The molecule has 0 saturated carbocycles. The first-order valence-corrected chi connectivity index (χ1v) is 8.84. The van der Waals surface area contributed by atoms with Gasteiger partial charge in [0, 0.05) is 0 Å². The number of hydrogen-bond donors (Lipinski definition) is 0. The molecule has 0 bridgehead atoms. The van der Waals surface area contributed by atoms with Crippen molar-refractivity contribution >= 4 is 21.8 Å². The second-order valence-electron chi connectivity index (χ2n) is 5.01. The largest absolute Gasteiger partial charge is 0.465 e. The molecule has 8 heteroatoms. The number of ether oxygens (including phenoxy) is 2. The Hall–Kier alpha value is -2.74. The van der Waals surface area contributed by atoms with Crippen LogP contribution in [0, 0.1) is 5.82 Å². The average molecular weight is 366 g/mol. The van der Waals surface area contributed by atoms with Crippen molar-refractivity contribution in [3.8, 4) is 5.75 Å². The minimum Gasteiger partial charge on any atom is -0.465 e. The summed E-state index contributed by atoms with van der Waals surface area (Å²) in [6, 6.07) is 10.00. The first-order chi connectivity index (χ1) is 11.8. The second kappa shape index (κ2) is 7.89. The summed E-state index contributed by atoms with van der Waals surface area (Å²) in [6.45, 7) is 0. The van der Waals surface area contributed by atoms with Crippen LogP contribution in [0.15, 0.2) is 53.4 Å². The molecule has 0 atom stereocenters. The van der Waals surface area contributed by atoms with Crippen molar-refractivity contribution in [3.63, 3.8) is 0 Å². The van der Waals surface area contributed by atoms with Crippen molar-refractivity contribution in [2.24, 2.45) is 0 Å². The lowest BCUT2D eigenvalue weighted by molar-refractivity contribution is -0.133. The lowest BCUT2D eigenvalue weighted by Gasteiger charge is -2.06. The molecule has 0 aliphatic rings. The Morgan fingerprint density at radius 2 is 1.60 bits per heavy atom. The van der Waals surface area contributed by atoms with Gasteiger partial charge in [0.15, 0.2) is 9.84 Å². The normalized spacial score (nSPS) is 11.0. The number of carbonyl (C=O) groups is 2. The smallest absolute Gasteiger partial charge is 0.337 e. The zero-order valence-electron chi connectivity index (χ0n) is 13.3. The van der Waals surface area contributed by atoms with Crippen molar-refractivity contribution in [3.05, 3.63) is 59.9 Å². The number of hydrogen-bond acceptors (Lipinski definition) is 6. The van der Waals surface area contributed by atoms with E-state index in [1.807, 2.05) is 0 Å². The van der Waals surface area contributed by atoms with Crippen LogP contribution in [0.1, 0.15) is 16.8 Å². The molecule has 2 aromatic rings. The molecule has 0 unspecified atom stereocenters. The van der Waals surface area contributed by atoms with Gasteiger partial charge in [-0.15, -0.1) is 0 Å². The Morgan fingerprint density at radius 1 is 1.00 bits per heavy atom. The molecule has 0 aliphatic heterocycles. The van der Waals surface area contributed by atoms with Crippen molar-refractivity contribution in [1.82, 2.24) is 0 Å². The van der Waals surface area contributed by atoms with Gasteiger partial charge in [0.2, 0.25) is 0 Å². The van der Waals surface area contributed by atoms with E-state index in [0.717, 1.165) is 24.3 Å². The zero-order chi connectivity index (χ0) is 18.4. The van der Waals surface area contributed by atoms with Crippen LogP contribution < -0.4 is 4.74 Å². The highest BCUT2D eigenvalue weighted by molar-refractivity contribution is 7.91. The predicted octanol–water partition coefficient (Wildman–Crippen LogP) is 2.38. The van der Waals surface area contributed by atoms with Crippen LogP contribution in [-0.2, 0) is 19.4 Å². The molecule has 0 spiro atoms. The molecule has 0 radical (unpaired) electrons. The highest BCUT2D eigenvalue weighted by Crippen LogP contribution is 2.16. The van der Waals surface area contributed by atoms with Gasteiger partial charge in [0.25, 0.3) is 0 Å². The Bertz CT molecular complexity index is 857. The number of carbonyl (C=O) groups excluding carboxylic acids is 2. The number of benzene rings is 2. The predicted molar refractivity (Wildman–Crippen MR) is 86.5 cm³/mol. The van der Waals surface area contributed by atoms with E-state index in [1.165, 1.54) is 31.4 Å². The summed E-state index contributed by atoms with van der Waals surface area (Å²) in [5.74, 6) is -2.09. The number of rotatable bonds is 6. The van der Waals surface area contributed by atoms with E-state index in [1.54, 1.807) is 0 Å². The van der Waals surface area contributed by atoms with Crippen LogP contribution in [0.2, 0.25) is 0 Å². The molecule has 6 nitrogen and oxygen atoms in total. The highest BCUT2D eigenvalue weighted by atomic mass is 32.2. The van der Waals surface area contributed by atoms with Gasteiger partial charge in [-0.25, -0.2) is 17.6 Å². The highest BCUT2D eigenvalue weighted by Gasteiger charge is 2.17. The Kier molecular flexibility index (Phi) is 5.87. The maximum absolute atomic E-state index is 12.8. The fraction of sp³-hybridized carbons (Fsp3) is 0.176. The van der Waals surface area contributed by atoms with Gasteiger partial charge in [-0.05, 0) is 48.5 Å². The maximum Gasteiger partial charge on any atom is 0.337 e. The van der Waals surface area contributed by atoms with Crippen LogP contribution in [0.3, 0.4) is 0 Å². The van der Waals surface area contributed by atoms with Gasteiger partial charge in [0.1, 0.15) is 11.6 Å². The van der Waals surface area contributed by atoms with Gasteiger partial charge in [-0.3, -0.25) is 4.79 Å². The summed E-state index contributed by atoms with van der Waals surface area (Å²) in [7, 11) is -2.47. The van der Waals surface area contributed by atoms with Gasteiger partial charge in [-0.2, -0.15) is 0 Å². The fourth-order valence-electron chi connectivity index (χ4n) is 1.94. The monoisotopic (exact) mass is 366 g/mol. The third-order valence-electron chi connectivity index (χ3n) is 3.25. The first kappa shape index (κ1) is 18.6. The summed E-state index contributed by atoms with van der Waals surface area (Å²) in [5, 5.41) is 0.